The number of ether oxygens (including phenoxy) is 4. The Morgan fingerprint density at radius 2 is 1.34 bits per heavy atom. The highest BCUT2D eigenvalue weighted by molar-refractivity contribution is 6.11. The van der Waals surface area contributed by atoms with Gasteiger partial charge in [-0.1, -0.05) is 54.6 Å². The van der Waals surface area contributed by atoms with E-state index in [1.807, 2.05) is 78.9 Å². The van der Waals surface area contributed by atoms with Crippen molar-refractivity contribution in [1.29, 1.82) is 0 Å². The lowest BCUT2D eigenvalue weighted by molar-refractivity contribution is -0.0737. The van der Waals surface area contributed by atoms with Gasteiger partial charge in [0.15, 0.2) is 0 Å². The first kappa shape index (κ1) is 22.4. The van der Waals surface area contributed by atoms with Gasteiger partial charge in [-0.25, -0.2) is 0 Å². The Morgan fingerprint density at radius 3 is 1.78 bits per heavy atom. The van der Waals surface area contributed by atoms with Crippen LogP contribution in [-0.4, -0.2) is 52.0 Å². The molecule has 2 radical (unpaired) electrons. The van der Waals surface area contributed by atoms with Crippen molar-refractivity contribution >= 4 is 7.85 Å². The van der Waals surface area contributed by atoms with Crippen molar-refractivity contribution in [1.82, 2.24) is 0 Å². The van der Waals surface area contributed by atoms with Gasteiger partial charge in [-0.2, -0.15) is 0 Å². The third-order valence-corrected chi connectivity index (χ3v) is 5.89. The number of hydrogen-bond donors (Lipinski definition) is 1. The van der Waals surface area contributed by atoms with Gasteiger partial charge in [0, 0.05) is 6.00 Å². The standard InChI is InChI=1S/C26H27BO5/c1-29-21-12-8-19(9-13-21)26(18-6-4-3-5-7-18,20-10-14-22(30-2)15-11-20)31-17-24-23(28)16-25(27)32-24/h3-15,23-25,28H,16-17H2,1-2H3/t23-,24?,25?/m1/s1. The van der Waals surface area contributed by atoms with Crippen molar-refractivity contribution in [2.24, 2.45) is 0 Å². The monoisotopic (exact) mass is 430 g/mol. The molecule has 3 aromatic rings. The minimum absolute atomic E-state index is 0.168. The van der Waals surface area contributed by atoms with Crippen molar-refractivity contribution in [3.05, 3.63) is 95.6 Å². The molecule has 4 rings (SSSR count). The topological polar surface area (TPSA) is 57.2 Å². The minimum atomic E-state index is -0.949. The van der Waals surface area contributed by atoms with Crippen LogP contribution in [0.15, 0.2) is 78.9 Å². The zero-order chi connectivity index (χ0) is 22.6. The van der Waals surface area contributed by atoms with Crippen LogP contribution >= 0.6 is 0 Å². The van der Waals surface area contributed by atoms with Crippen molar-refractivity contribution in [2.45, 2.75) is 30.2 Å². The number of aliphatic hydroxyl groups excluding tert-OH is 1. The van der Waals surface area contributed by atoms with Gasteiger partial charge in [0.05, 0.1) is 26.9 Å². The van der Waals surface area contributed by atoms with Gasteiger partial charge < -0.3 is 24.1 Å². The quantitative estimate of drug-likeness (QED) is 0.437. The fraction of sp³-hybridized carbons (Fsp3) is 0.308. The first-order valence-electron chi connectivity index (χ1n) is 10.6. The Kier molecular flexibility index (Phi) is 6.84. The molecule has 0 spiro atoms. The molecule has 0 aromatic heterocycles. The second-order valence-corrected chi connectivity index (χ2v) is 7.83. The molecule has 0 aliphatic carbocycles. The van der Waals surface area contributed by atoms with E-state index in [-0.39, 0.29) is 6.61 Å². The van der Waals surface area contributed by atoms with E-state index in [1.54, 1.807) is 14.2 Å². The molecular weight excluding hydrogens is 403 g/mol. The Hall–Kier alpha value is -2.80. The van der Waals surface area contributed by atoms with E-state index in [0.717, 1.165) is 28.2 Å². The van der Waals surface area contributed by atoms with Crippen LogP contribution in [0.5, 0.6) is 11.5 Å². The summed E-state index contributed by atoms with van der Waals surface area (Å²) in [6.07, 6.45) is -0.799. The van der Waals surface area contributed by atoms with Crippen molar-refractivity contribution in [3.8, 4) is 11.5 Å². The van der Waals surface area contributed by atoms with Crippen LogP contribution in [0.2, 0.25) is 0 Å². The summed E-state index contributed by atoms with van der Waals surface area (Å²) in [5.74, 6) is 1.51. The van der Waals surface area contributed by atoms with E-state index in [2.05, 4.69) is 0 Å². The van der Waals surface area contributed by atoms with Gasteiger partial charge in [0.1, 0.15) is 31.1 Å². The lowest BCUT2D eigenvalue weighted by Gasteiger charge is -2.37. The summed E-state index contributed by atoms with van der Waals surface area (Å²) in [6, 6.07) is 25.1. The van der Waals surface area contributed by atoms with Gasteiger partial charge in [0.25, 0.3) is 0 Å². The van der Waals surface area contributed by atoms with Gasteiger partial charge in [-0.15, -0.1) is 0 Å². The Labute approximate surface area is 190 Å². The van der Waals surface area contributed by atoms with Crippen molar-refractivity contribution < 1.29 is 24.1 Å². The van der Waals surface area contributed by atoms with Crippen LogP contribution in [0.4, 0.5) is 0 Å². The first-order chi connectivity index (χ1) is 15.6. The molecule has 1 aliphatic heterocycles. The summed E-state index contributed by atoms with van der Waals surface area (Å²) < 4.78 is 23.2. The fourth-order valence-electron chi connectivity index (χ4n) is 4.19. The Balaban J connectivity index is 1.84. The molecule has 3 atom stereocenters. The van der Waals surface area contributed by atoms with Gasteiger partial charge in [-0.3, -0.25) is 0 Å². The second-order valence-electron chi connectivity index (χ2n) is 7.83. The maximum Gasteiger partial charge on any atom is 0.143 e. The molecule has 1 saturated heterocycles. The number of rotatable bonds is 8. The number of benzene rings is 3. The second kappa shape index (κ2) is 9.78. The molecule has 6 heteroatoms. The largest absolute Gasteiger partial charge is 0.497 e. The predicted octanol–water partition coefficient (Wildman–Crippen LogP) is 3.66. The number of aliphatic hydroxyl groups is 1. The zero-order valence-electron chi connectivity index (χ0n) is 18.3. The molecule has 1 heterocycles. The molecule has 1 fully saturated rings. The predicted molar refractivity (Wildman–Crippen MR) is 123 cm³/mol. The summed E-state index contributed by atoms with van der Waals surface area (Å²) in [6.45, 7) is 0.168. The van der Waals surface area contributed by atoms with Crippen LogP contribution in [-0.2, 0) is 15.1 Å². The fourth-order valence-corrected chi connectivity index (χ4v) is 4.19. The lowest BCUT2D eigenvalue weighted by atomic mass is 9.80. The third kappa shape index (κ3) is 4.39. The maximum absolute atomic E-state index is 10.4. The van der Waals surface area contributed by atoms with Crippen LogP contribution in [0, 0.1) is 0 Å². The highest BCUT2D eigenvalue weighted by atomic mass is 16.6. The molecule has 3 aromatic carbocycles. The maximum atomic E-state index is 10.4. The van der Waals surface area contributed by atoms with E-state index in [0.29, 0.717) is 6.42 Å². The molecule has 0 amide bonds. The summed E-state index contributed by atoms with van der Waals surface area (Å²) in [5.41, 5.74) is 1.85. The zero-order valence-corrected chi connectivity index (χ0v) is 18.3. The molecule has 2 unspecified atom stereocenters. The van der Waals surface area contributed by atoms with Gasteiger partial charge in [0.2, 0.25) is 0 Å². The third-order valence-electron chi connectivity index (χ3n) is 5.89. The molecule has 0 saturated carbocycles. The molecule has 5 nitrogen and oxygen atoms in total. The molecule has 0 bridgehead atoms. The van der Waals surface area contributed by atoms with E-state index >= 15 is 0 Å². The summed E-state index contributed by atoms with van der Waals surface area (Å²) >= 11 is 0. The lowest BCUT2D eigenvalue weighted by Crippen LogP contribution is -2.38. The molecule has 164 valence electrons. The van der Waals surface area contributed by atoms with Gasteiger partial charge >= 0.3 is 0 Å². The highest BCUT2D eigenvalue weighted by Crippen LogP contribution is 2.42. The molecular formula is C26H27BO5. The Bertz CT molecular complexity index is 943. The first-order valence-corrected chi connectivity index (χ1v) is 10.6. The molecule has 1 aliphatic rings. The van der Waals surface area contributed by atoms with Crippen LogP contribution in [0.25, 0.3) is 0 Å². The normalized spacial score (nSPS) is 20.8. The number of hydrogen-bond acceptors (Lipinski definition) is 5. The minimum Gasteiger partial charge on any atom is -0.497 e. The smallest absolute Gasteiger partial charge is 0.143 e. The average Bonchev–Trinajstić information content (AvgIpc) is 3.17. The van der Waals surface area contributed by atoms with E-state index in [1.165, 1.54) is 0 Å². The summed E-state index contributed by atoms with van der Waals surface area (Å²) in [5, 5.41) is 10.4. The number of methoxy groups -OCH3 is 2. The summed E-state index contributed by atoms with van der Waals surface area (Å²) in [7, 11) is 9.17. The van der Waals surface area contributed by atoms with Crippen molar-refractivity contribution in [3.63, 3.8) is 0 Å². The van der Waals surface area contributed by atoms with Crippen LogP contribution in [0.1, 0.15) is 23.1 Å². The molecule has 1 N–H and O–H groups in total. The highest BCUT2D eigenvalue weighted by Gasteiger charge is 2.40. The van der Waals surface area contributed by atoms with E-state index in [9.17, 15) is 5.11 Å². The van der Waals surface area contributed by atoms with E-state index < -0.39 is 23.8 Å². The van der Waals surface area contributed by atoms with Crippen LogP contribution in [0.3, 0.4) is 0 Å². The SMILES string of the molecule is [B]C1C[C@@H](O)C(COC(c2ccccc2)(c2ccc(OC)cc2)c2ccc(OC)cc2)O1. The van der Waals surface area contributed by atoms with Gasteiger partial charge in [-0.05, 0) is 47.4 Å². The average molecular weight is 430 g/mol. The molecule has 32 heavy (non-hydrogen) atoms. The summed E-state index contributed by atoms with van der Waals surface area (Å²) in [4.78, 5) is 0. The van der Waals surface area contributed by atoms with Crippen LogP contribution < -0.4 is 9.47 Å². The van der Waals surface area contributed by atoms with E-state index in [4.69, 9.17) is 26.8 Å². The Morgan fingerprint density at radius 1 is 0.844 bits per heavy atom. The van der Waals surface area contributed by atoms with Crippen molar-refractivity contribution in [2.75, 3.05) is 20.8 Å².